The van der Waals surface area contributed by atoms with Crippen LogP contribution in [0.3, 0.4) is 0 Å². The van der Waals surface area contributed by atoms with Crippen molar-refractivity contribution in [1.29, 1.82) is 0 Å². The van der Waals surface area contributed by atoms with Gasteiger partial charge in [-0.05, 0) is 36.8 Å². The summed E-state index contributed by atoms with van der Waals surface area (Å²) in [6.07, 6.45) is 0. The standard InChI is InChI=1S/C20H21FN2O3S/c1-13(24)16-8-9-18(17(21)10-16)27-12-19(25)23(3)11-14-4-6-15(7-5-14)20(26)22-2/h4-10H,11-12H2,1-3H3,(H,22,26). The van der Waals surface area contributed by atoms with Crippen LogP contribution in [-0.4, -0.2) is 42.3 Å². The molecule has 2 aromatic rings. The van der Waals surface area contributed by atoms with Crippen molar-refractivity contribution in [1.82, 2.24) is 10.2 Å². The number of amides is 2. The summed E-state index contributed by atoms with van der Waals surface area (Å²) in [6, 6.07) is 11.2. The summed E-state index contributed by atoms with van der Waals surface area (Å²) in [4.78, 5) is 37.0. The second kappa shape index (κ2) is 9.32. The molecule has 1 N–H and O–H groups in total. The molecule has 7 heteroatoms. The number of benzene rings is 2. The maximum atomic E-state index is 14.0. The number of nitrogens with zero attached hydrogens (tertiary/aromatic N) is 1. The summed E-state index contributed by atoms with van der Waals surface area (Å²) in [7, 11) is 3.24. The van der Waals surface area contributed by atoms with Crippen LogP contribution in [0, 0.1) is 5.82 Å². The summed E-state index contributed by atoms with van der Waals surface area (Å²) in [5, 5.41) is 2.55. The van der Waals surface area contributed by atoms with Crippen molar-refractivity contribution in [2.24, 2.45) is 0 Å². The van der Waals surface area contributed by atoms with Crippen molar-refractivity contribution in [3.8, 4) is 0 Å². The third-order valence-corrected chi connectivity index (χ3v) is 5.01. The second-order valence-corrected chi connectivity index (χ2v) is 7.03. The molecule has 2 amide bonds. The highest BCUT2D eigenvalue weighted by atomic mass is 32.2. The molecule has 0 aromatic heterocycles. The van der Waals surface area contributed by atoms with Gasteiger partial charge in [-0.1, -0.05) is 18.2 Å². The van der Waals surface area contributed by atoms with Crippen LogP contribution in [0.1, 0.15) is 33.2 Å². The number of halogens is 1. The predicted octanol–water partition coefficient (Wildman–Crippen LogP) is 3.14. The number of carbonyl (C=O) groups excluding carboxylic acids is 3. The zero-order valence-electron chi connectivity index (χ0n) is 15.4. The van der Waals surface area contributed by atoms with Crippen LogP contribution in [0.25, 0.3) is 0 Å². The Balaban J connectivity index is 1.92. The van der Waals surface area contributed by atoms with E-state index in [0.29, 0.717) is 22.6 Å². The third-order valence-electron chi connectivity index (χ3n) is 3.98. The van der Waals surface area contributed by atoms with E-state index in [1.54, 1.807) is 49.3 Å². The van der Waals surface area contributed by atoms with Gasteiger partial charge in [0.2, 0.25) is 5.91 Å². The van der Waals surface area contributed by atoms with Crippen LogP contribution >= 0.6 is 11.8 Å². The number of carbonyl (C=O) groups is 3. The molecule has 2 rings (SSSR count). The molecule has 27 heavy (non-hydrogen) atoms. The van der Waals surface area contributed by atoms with E-state index in [9.17, 15) is 18.8 Å². The first-order valence-corrected chi connectivity index (χ1v) is 9.28. The fourth-order valence-electron chi connectivity index (χ4n) is 2.35. The van der Waals surface area contributed by atoms with Crippen LogP contribution < -0.4 is 5.32 Å². The molecule has 0 atom stereocenters. The Hall–Kier alpha value is -2.67. The Labute approximate surface area is 161 Å². The lowest BCUT2D eigenvalue weighted by Crippen LogP contribution is -2.27. The maximum Gasteiger partial charge on any atom is 0.251 e. The summed E-state index contributed by atoms with van der Waals surface area (Å²) in [5.74, 6) is -0.939. The van der Waals surface area contributed by atoms with Gasteiger partial charge in [-0.3, -0.25) is 14.4 Å². The monoisotopic (exact) mass is 388 g/mol. The second-order valence-electron chi connectivity index (χ2n) is 6.02. The van der Waals surface area contributed by atoms with Crippen LogP contribution in [-0.2, 0) is 11.3 Å². The summed E-state index contributed by atoms with van der Waals surface area (Å²) in [5.41, 5.74) is 1.75. The van der Waals surface area contributed by atoms with Crippen molar-refractivity contribution in [2.75, 3.05) is 19.8 Å². The molecular weight excluding hydrogens is 367 g/mol. The minimum absolute atomic E-state index is 0.0865. The number of ketones is 1. The first kappa shape index (κ1) is 20.6. The van der Waals surface area contributed by atoms with Gasteiger partial charge in [-0.15, -0.1) is 11.8 Å². The van der Waals surface area contributed by atoms with E-state index in [1.165, 1.54) is 19.1 Å². The molecule has 5 nitrogen and oxygen atoms in total. The zero-order chi connectivity index (χ0) is 20.0. The average Bonchev–Trinajstić information content (AvgIpc) is 2.66. The van der Waals surface area contributed by atoms with Crippen molar-refractivity contribution < 1.29 is 18.8 Å². The largest absolute Gasteiger partial charge is 0.355 e. The minimum atomic E-state index is -0.507. The number of nitrogens with one attached hydrogen (secondary N) is 1. The SMILES string of the molecule is CNC(=O)c1ccc(CN(C)C(=O)CSc2ccc(C(C)=O)cc2F)cc1. The molecule has 0 saturated carbocycles. The first-order chi connectivity index (χ1) is 12.8. The highest BCUT2D eigenvalue weighted by Crippen LogP contribution is 2.23. The van der Waals surface area contributed by atoms with Gasteiger partial charge in [0, 0.05) is 36.7 Å². The Morgan fingerprint density at radius 1 is 1.07 bits per heavy atom. The number of hydrogen-bond donors (Lipinski definition) is 1. The van der Waals surface area contributed by atoms with Crippen molar-refractivity contribution in [3.05, 3.63) is 65.0 Å². The molecule has 142 valence electrons. The van der Waals surface area contributed by atoms with Crippen LogP contribution in [0.2, 0.25) is 0 Å². The van der Waals surface area contributed by atoms with Crippen molar-refractivity contribution in [3.63, 3.8) is 0 Å². The molecule has 0 unspecified atom stereocenters. The molecule has 0 bridgehead atoms. The number of rotatable bonds is 7. The molecule has 0 aliphatic heterocycles. The predicted molar refractivity (Wildman–Crippen MR) is 103 cm³/mol. The van der Waals surface area contributed by atoms with Gasteiger partial charge in [0.1, 0.15) is 5.82 Å². The molecule has 2 aromatic carbocycles. The molecular formula is C20H21FN2O3S. The van der Waals surface area contributed by atoms with E-state index in [1.807, 2.05) is 0 Å². The average molecular weight is 388 g/mol. The highest BCUT2D eigenvalue weighted by Gasteiger charge is 2.13. The lowest BCUT2D eigenvalue weighted by Gasteiger charge is -2.17. The Bertz CT molecular complexity index is 853. The zero-order valence-corrected chi connectivity index (χ0v) is 16.2. The number of hydrogen-bond acceptors (Lipinski definition) is 4. The quantitative estimate of drug-likeness (QED) is 0.585. The van der Waals surface area contributed by atoms with Crippen LogP contribution in [0.4, 0.5) is 4.39 Å². The van der Waals surface area contributed by atoms with E-state index in [0.717, 1.165) is 17.3 Å². The lowest BCUT2D eigenvalue weighted by atomic mass is 10.1. The van der Waals surface area contributed by atoms with Gasteiger partial charge in [-0.2, -0.15) is 0 Å². The Morgan fingerprint density at radius 2 is 1.70 bits per heavy atom. The fourth-order valence-corrected chi connectivity index (χ4v) is 3.21. The molecule has 0 radical (unpaired) electrons. The van der Waals surface area contributed by atoms with Gasteiger partial charge >= 0.3 is 0 Å². The van der Waals surface area contributed by atoms with Crippen molar-refractivity contribution in [2.45, 2.75) is 18.4 Å². The van der Waals surface area contributed by atoms with E-state index < -0.39 is 5.82 Å². The maximum absolute atomic E-state index is 14.0. The normalized spacial score (nSPS) is 10.4. The topological polar surface area (TPSA) is 66.5 Å². The van der Waals surface area contributed by atoms with Gasteiger partial charge in [0.15, 0.2) is 5.78 Å². The van der Waals surface area contributed by atoms with E-state index >= 15 is 0 Å². The molecule has 0 aliphatic carbocycles. The van der Waals surface area contributed by atoms with Gasteiger partial charge in [0.25, 0.3) is 5.91 Å². The number of thioether (sulfide) groups is 1. The minimum Gasteiger partial charge on any atom is -0.355 e. The number of Topliss-reactive ketones (excluding diaryl/α,β-unsaturated/α-hetero) is 1. The lowest BCUT2D eigenvalue weighted by molar-refractivity contribution is -0.127. The first-order valence-electron chi connectivity index (χ1n) is 8.30. The van der Waals surface area contributed by atoms with Crippen LogP contribution in [0.15, 0.2) is 47.4 Å². The van der Waals surface area contributed by atoms with Crippen molar-refractivity contribution >= 4 is 29.4 Å². The smallest absolute Gasteiger partial charge is 0.251 e. The molecule has 0 fully saturated rings. The summed E-state index contributed by atoms with van der Waals surface area (Å²) in [6.45, 7) is 1.76. The Kier molecular flexibility index (Phi) is 7.12. The third kappa shape index (κ3) is 5.65. The highest BCUT2D eigenvalue weighted by molar-refractivity contribution is 8.00. The molecule has 0 heterocycles. The molecule has 0 saturated heterocycles. The van der Waals surface area contributed by atoms with Gasteiger partial charge in [0.05, 0.1) is 5.75 Å². The molecule has 0 spiro atoms. The van der Waals surface area contributed by atoms with E-state index in [-0.39, 0.29) is 23.4 Å². The van der Waals surface area contributed by atoms with Crippen LogP contribution in [0.5, 0.6) is 0 Å². The fraction of sp³-hybridized carbons (Fsp3) is 0.250. The summed E-state index contributed by atoms with van der Waals surface area (Å²) >= 11 is 1.09. The van der Waals surface area contributed by atoms with Gasteiger partial charge in [-0.25, -0.2) is 4.39 Å². The summed E-state index contributed by atoms with van der Waals surface area (Å²) < 4.78 is 14.0. The van der Waals surface area contributed by atoms with Gasteiger partial charge < -0.3 is 10.2 Å². The Morgan fingerprint density at radius 3 is 2.26 bits per heavy atom. The molecule has 0 aliphatic rings. The van der Waals surface area contributed by atoms with E-state index in [4.69, 9.17) is 0 Å². The van der Waals surface area contributed by atoms with E-state index in [2.05, 4.69) is 5.32 Å².